The summed E-state index contributed by atoms with van der Waals surface area (Å²) < 4.78 is 15.8. The Hall–Kier alpha value is -3.03. The van der Waals surface area contributed by atoms with Crippen molar-refractivity contribution in [2.75, 3.05) is 34.5 Å². The molecule has 1 saturated heterocycles. The third kappa shape index (κ3) is 4.52. The second-order valence-electron chi connectivity index (χ2n) is 6.96. The molecule has 1 heterocycles. The highest BCUT2D eigenvalue weighted by molar-refractivity contribution is 6.46. The van der Waals surface area contributed by atoms with Gasteiger partial charge in [0.1, 0.15) is 5.76 Å². The molecule has 0 bridgehead atoms. The summed E-state index contributed by atoms with van der Waals surface area (Å²) in [5, 5.41) is 11.5. The van der Waals surface area contributed by atoms with Crippen LogP contribution in [0.2, 0.25) is 5.02 Å². The van der Waals surface area contributed by atoms with E-state index in [1.165, 1.54) is 19.1 Å². The molecule has 2 aromatic carbocycles. The number of amides is 1. The normalized spacial score (nSPS) is 17.8. The first-order chi connectivity index (χ1) is 14.9. The molecular formula is C23H24ClNO6. The lowest BCUT2D eigenvalue weighted by Crippen LogP contribution is -2.31. The van der Waals surface area contributed by atoms with E-state index in [9.17, 15) is 14.7 Å². The van der Waals surface area contributed by atoms with Gasteiger partial charge in [-0.15, -0.1) is 0 Å². The van der Waals surface area contributed by atoms with E-state index in [1.807, 2.05) is 0 Å². The highest BCUT2D eigenvalue weighted by Gasteiger charge is 2.46. The second-order valence-corrected chi connectivity index (χ2v) is 7.40. The lowest BCUT2D eigenvalue weighted by Gasteiger charge is -2.26. The standard InChI is InChI=1S/C23H24ClNO6/c1-29-12-4-11-25-20(15-7-10-17(30-2)18(13-15)31-3)19(22(27)23(25)28)21(26)14-5-8-16(24)9-6-14/h5-10,13,20,26H,4,11-12H2,1-3H3/b21-19+/t20-/m1/s1. The van der Waals surface area contributed by atoms with Crippen LogP contribution < -0.4 is 9.47 Å². The number of aliphatic hydroxyl groups is 1. The van der Waals surface area contributed by atoms with E-state index in [1.54, 1.807) is 49.6 Å². The summed E-state index contributed by atoms with van der Waals surface area (Å²) in [6.45, 7) is 0.716. The molecule has 2 aromatic rings. The third-order valence-electron chi connectivity index (χ3n) is 5.13. The van der Waals surface area contributed by atoms with Crippen LogP contribution in [0.25, 0.3) is 5.76 Å². The van der Waals surface area contributed by atoms with Crippen LogP contribution in [0, 0.1) is 0 Å². The van der Waals surface area contributed by atoms with Gasteiger partial charge in [-0.05, 0) is 48.4 Å². The van der Waals surface area contributed by atoms with Crippen LogP contribution in [-0.4, -0.2) is 56.2 Å². The number of nitrogens with zero attached hydrogens (tertiary/aromatic N) is 1. The number of ketones is 1. The minimum Gasteiger partial charge on any atom is -0.507 e. The first-order valence-corrected chi connectivity index (χ1v) is 10.1. The first kappa shape index (κ1) is 22.7. The van der Waals surface area contributed by atoms with Gasteiger partial charge < -0.3 is 24.2 Å². The van der Waals surface area contributed by atoms with Gasteiger partial charge in [-0.1, -0.05) is 17.7 Å². The largest absolute Gasteiger partial charge is 0.507 e. The van der Waals surface area contributed by atoms with Crippen molar-refractivity contribution >= 4 is 29.1 Å². The molecule has 7 nitrogen and oxygen atoms in total. The summed E-state index contributed by atoms with van der Waals surface area (Å²) in [4.78, 5) is 27.3. The highest BCUT2D eigenvalue weighted by Crippen LogP contribution is 2.42. The lowest BCUT2D eigenvalue weighted by atomic mass is 9.95. The Morgan fingerprint density at radius 3 is 2.32 bits per heavy atom. The molecule has 0 unspecified atom stereocenters. The molecule has 3 rings (SSSR count). The van der Waals surface area contributed by atoms with Crippen LogP contribution in [0.4, 0.5) is 0 Å². The number of hydrogen-bond acceptors (Lipinski definition) is 6. The van der Waals surface area contributed by atoms with Crippen LogP contribution in [-0.2, 0) is 14.3 Å². The summed E-state index contributed by atoms with van der Waals surface area (Å²) >= 11 is 5.94. The number of halogens is 1. The molecule has 1 atom stereocenters. The lowest BCUT2D eigenvalue weighted by molar-refractivity contribution is -0.140. The van der Waals surface area contributed by atoms with Gasteiger partial charge in [-0.2, -0.15) is 0 Å². The van der Waals surface area contributed by atoms with E-state index in [2.05, 4.69) is 0 Å². The molecule has 1 aliphatic rings. The second kappa shape index (κ2) is 9.85. The predicted molar refractivity (Wildman–Crippen MR) is 117 cm³/mol. The minimum absolute atomic E-state index is 0.0111. The van der Waals surface area contributed by atoms with Crippen molar-refractivity contribution in [1.29, 1.82) is 0 Å². The van der Waals surface area contributed by atoms with Gasteiger partial charge in [0.15, 0.2) is 11.5 Å². The van der Waals surface area contributed by atoms with E-state index in [-0.39, 0.29) is 17.9 Å². The van der Waals surface area contributed by atoms with Gasteiger partial charge in [0, 0.05) is 30.8 Å². The van der Waals surface area contributed by atoms with E-state index in [0.717, 1.165) is 0 Å². The van der Waals surface area contributed by atoms with E-state index >= 15 is 0 Å². The van der Waals surface area contributed by atoms with Crippen LogP contribution in [0.5, 0.6) is 11.5 Å². The van der Waals surface area contributed by atoms with Crippen LogP contribution in [0.15, 0.2) is 48.0 Å². The number of aliphatic hydroxyl groups excluding tert-OH is 1. The van der Waals surface area contributed by atoms with Gasteiger partial charge in [0.25, 0.3) is 11.7 Å². The fourth-order valence-corrected chi connectivity index (χ4v) is 3.75. The number of carbonyl (C=O) groups excluding carboxylic acids is 2. The summed E-state index contributed by atoms with van der Waals surface area (Å²) in [7, 11) is 4.60. The van der Waals surface area contributed by atoms with Crippen molar-refractivity contribution in [3.05, 3.63) is 64.2 Å². The van der Waals surface area contributed by atoms with Crippen LogP contribution in [0.1, 0.15) is 23.6 Å². The summed E-state index contributed by atoms with van der Waals surface area (Å²) in [6.07, 6.45) is 0.536. The van der Waals surface area contributed by atoms with Crippen LogP contribution in [0.3, 0.4) is 0 Å². The minimum atomic E-state index is -0.785. The fourth-order valence-electron chi connectivity index (χ4n) is 3.62. The SMILES string of the molecule is COCCCN1C(=O)C(=O)/C(=C(/O)c2ccc(Cl)cc2)[C@H]1c1ccc(OC)c(OC)c1. The molecule has 0 aliphatic carbocycles. The van der Waals surface area contributed by atoms with Crippen molar-refractivity contribution in [2.45, 2.75) is 12.5 Å². The third-order valence-corrected chi connectivity index (χ3v) is 5.38. The Morgan fingerprint density at radius 2 is 1.71 bits per heavy atom. The first-order valence-electron chi connectivity index (χ1n) is 9.68. The topological polar surface area (TPSA) is 85.3 Å². The molecule has 1 amide bonds. The zero-order valence-corrected chi connectivity index (χ0v) is 18.3. The van der Waals surface area contributed by atoms with Gasteiger partial charge in [0.2, 0.25) is 0 Å². The van der Waals surface area contributed by atoms with E-state index < -0.39 is 17.7 Å². The molecule has 1 fully saturated rings. The Labute approximate surface area is 185 Å². The number of rotatable bonds is 8. The molecular weight excluding hydrogens is 422 g/mol. The number of carbonyl (C=O) groups is 2. The highest BCUT2D eigenvalue weighted by atomic mass is 35.5. The Kier molecular flexibility index (Phi) is 7.20. The number of Topliss-reactive ketones (excluding diaryl/α,β-unsaturated/α-hetero) is 1. The Bertz CT molecular complexity index is 1000. The molecule has 164 valence electrons. The molecule has 0 radical (unpaired) electrons. The number of methoxy groups -OCH3 is 3. The van der Waals surface area contributed by atoms with Crippen molar-refractivity contribution in [2.24, 2.45) is 0 Å². The van der Waals surface area contributed by atoms with Crippen molar-refractivity contribution in [3.8, 4) is 11.5 Å². The molecule has 0 saturated carbocycles. The van der Waals surface area contributed by atoms with Gasteiger partial charge in [-0.3, -0.25) is 9.59 Å². The molecule has 31 heavy (non-hydrogen) atoms. The zero-order valence-electron chi connectivity index (χ0n) is 17.6. The van der Waals surface area contributed by atoms with Gasteiger partial charge >= 0.3 is 0 Å². The Balaban J connectivity index is 2.15. The molecule has 1 aliphatic heterocycles. The van der Waals surface area contributed by atoms with Crippen LogP contribution >= 0.6 is 11.6 Å². The average Bonchev–Trinajstić information content (AvgIpc) is 3.03. The monoisotopic (exact) mass is 445 g/mol. The van der Waals surface area contributed by atoms with Crippen molar-refractivity contribution in [3.63, 3.8) is 0 Å². The van der Waals surface area contributed by atoms with Crippen molar-refractivity contribution < 1.29 is 28.9 Å². The van der Waals surface area contributed by atoms with E-state index in [0.29, 0.717) is 40.7 Å². The smallest absolute Gasteiger partial charge is 0.295 e. The number of likely N-dealkylation sites (tertiary alicyclic amines) is 1. The van der Waals surface area contributed by atoms with Gasteiger partial charge in [0.05, 0.1) is 25.8 Å². The summed E-state index contributed by atoms with van der Waals surface area (Å²) in [5.41, 5.74) is 1.02. The molecule has 8 heteroatoms. The maximum absolute atomic E-state index is 13.0. The summed E-state index contributed by atoms with van der Waals surface area (Å²) in [5.74, 6) is -0.714. The number of ether oxygens (including phenoxy) is 3. The molecule has 0 spiro atoms. The van der Waals surface area contributed by atoms with Crippen molar-refractivity contribution in [1.82, 2.24) is 4.90 Å². The maximum Gasteiger partial charge on any atom is 0.295 e. The predicted octanol–water partition coefficient (Wildman–Crippen LogP) is 3.82. The molecule has 0 aromatic heterocycles. The zero-order chi connectivity index (χ0) is 22.5. The summed E-state index contributed by atoms with van der Waals surface area (Å²) in [6, 6.07) is 10.8. The number of benzene rings is 2. The maximum atomic E-state index is 13.0. The van der Waals surface area contributed by atoms with E-state index in [4.69, 9.17) is 25.8 Å². The number of hydrogen-bond donors (Lipinski definition) is 1. The quantitative estimate of drug-likeness (QED) is 0.288. The molecule has 1 N–H and O–H groups in total. The fraction of sp³-hybridized carbons (Fsp3) is 0.304. The Morgan fingerprint density at radius 1 is 1.03 bits per heavy atom. The average molecular weight is 446 g/mol. The van der Waals surface area contributed by atoms with Gasteiger partial charge in [-0.25, -0.2) is 0 Å².